The van der Waals surface area contributed by atoms with Crippen LogP contribution >= 0.6 is 0 Å². The third kappa shape index (κ3) is 2.92. The molecule has 0 aliphatic carbocycles. The molecule has 78 valence electrons. The van der Waals surface area contributed by atoms with E-state index in [4.69, 9.17) is 5.73 Å². The van der Waals surface area contributed by atoms with Crippen LogP contribution in [0.4, 0.5) is 19.1 Å². The molecule has 14 heavy (non-hydrogen) atoms. The fourth-order valence-electron chi connectivity index (χ4n) is 0.641. The van der Waals surface area contributed by atoms with Gasteiger partial charge in [0.25, 0.3) is 5.91 Å². The number of carbonyl (C=O) groups is 1. The highest BCUT2D eigenvalue weighted by atomic mass is 19.4. The molecule has 0 spiro atoms. The number of hydrogen-bond donors (Lipinski definition) is 3. The molecule has 4 N–H and O–H groups in total. The molecule has 9 heteroatoms. The molecule has 0 radical (unpaired) electrons. The van der Waals surface area contributed by atoms with Crippen LogP contribution in [-0.2, 0) is 0 Å². The minimum Gasteiger partial charge on any atom is -0.366 e. The average molecular weight is 209 g/mol. The molecule has 1 aromatic rings. The number of nitrogens with zero attached hydrogens (tertiary/aromatic N) is 2. The Hall–Kier alpha value is -1.80. The lowest BCUT2D eigenvalue weighted by atomic mass is 10.5. The van der Waals surface area contributed by atoms with Crippen molar-refractivity contribution in [1.82, 2.24) is 20.5 Å². The minimum atomic E-state index is -4.46. The van der Waals surface area contributed by atoms with Crippen LogP contribution in [0.15, 0.2) is 0 Å². The number of hydrogen-bond acceptors (Lipinski definition) is 4. The lowest BCUT2D eigenvalue weighted by Crippen LogP contribution is -2.34. The molecule has 0 saturated carbocycles. The van der Waals surface area contributed by atoms with E-state index in [1.807, 2.05) is 0 Å². The SMILES string of the molecule is Nc1n[nH]c(C(=O)NCC(F)(F)F)n1. The van der Waals surface area contributed by atoms with Crippen LogP contribution in [0.5, 0.6) is 0 Å². The zero-order valence-corrected chi connectivity index (χ0v) is 6.72. The second kappa shape index (κ2) is 3.52. The largest absolute Gasteiger partial charge is 0.405 e. The van der Waals surface area contributed by atoms with E-state index in [-0.39, 0.29) is 11.8 Å². The third-order valence-electron chi connectivity index (χ3n) is 1.17. The van der Waals surface area contributed by atoms with Gasteiger partial charge in [-0.05, 0) is 0 Å². The maximum atomic E-state index is 11.7. The Labute approximate surface area is 75.7 Å². The number of nitrogens with one attached hydrogen (secondary N) is 2. The van der Waals surface area contributed by atoms with Gasteiger partial charge in [-0.25, -0.2) is 0 Å². The van der Waals surface area contributed by atoms with Crippen LogP contribution in [0, 0.1) is 0 Å². The number of amides is 1. The van der Waals surface area contributed by atoms with E-state index in [1.54, 1.807) is 5.32 Å². The van der Waals surface area contributed by atoms with Gasteiger partial charge in [-0.3, -0.25) is 9.89 Å². The van der Waals surface area contributed by atoms with Gasteiger partial charge in [0.2, 0.25) is 11.8 Å². The molecule has 1 rings (SSSR count). The Bertz CT molecular complexity index is 332. The summed E-state index contributed by atoms with van der Waals surface area (Å²) in [5, 5.41) is 6.96. The number of H-pyrrole nitrogens is 1. The standard InChI is InChI=1S/C5H6F3N5O/c6-5(7,8)1-10-3(14)2-11-4(9)13-12-2/h1H2,(H,10,14)(H3,9,11,12,13). The first-order valence-corrected chi connectivity index (χ1v) is 3.41. The van der Waals surface area contributed by atoms with Gasteiger partial charge >= 0.3 is 6.18 Å². The van der Waals surface area contributed by atoms with Crippen LogP contribution in [0.1, 0.15) is 10.6 Å². The van der Waals surface area contributed by atoms with E-state index in [9.17, 15) is 18.0 Å². The smallest absolute Gasteiger partial charge is 0.366 e. The van der Waals surface area contributed by atoms with Gasteiger partial charge in [0.05, 0.1) is 0 Å². The predicted molar refractivity (Wildman–Crippen MR) is 39.2 cm³/mol. The van der Waals surface area contributed by atoms with Crippen molar-refractivity contribution in [3.05, 3.63) is 5.82 Å². The maximum absolute atomic E-state index is 11.7. The quantitative estimate of drug-likeness (QED) is 0.621. The van der Waals surface area contributed by atoms with Crippen molar-refractivity contribution in [3.8, 4) is 0 Å². The lowest BCUT2D eigenvalue weighted by molar-refractivity contribution is -0.123. The van der Waals surface area contributed by atoms with Crippen molar-refractivity contribution in [3.63, 3.8) is 0 Å². The number of nitrogen functional groups attached to an aromatic ring is 1. The Balaban J connectivity index is 2.52. The van der Waals surface area contributed by atoms with Crippen molar-refractivity contribution in [1.29, 1.82) is 0 Å². The molecule has 0 bridgehead atoms. The first-order chi connectivity index (χ1) is 6.38. The lowest BCUT2D eigenvalue weighted by Gasteiger charge is -2.05. The molecule has 0 aliphatic rings. The van der Waals surface area contributed by atoms with Gasteiger partial charge < -0.3 is 11.1 Å². The summed E-state index contributed by atoms with van der Waals surface area (Å²) >= 11 is 0. The topological polar surface area (TPSA) is 96.7 Å². The van der Waals surface area contributed by atoms with Crippen LogP contribution in [0.25, 0.3) is 0 Å². The summed E-state index contributed by atoms with van der Waals surface area (Å²) < 4.78 is 35.0. The molecule has 0 fully saturated rings. The van der Waals surface area contributed by atoms with E-state index in [0.717, 1.165) is 0 Å². The second-order valence-corrected chi connectivity index (χ2v) is 2.34. The molecule has 0 aliphatic heterocycles. The molecule has 1 heterocycles. The Kier molecular flexibility index (Phi) is 2.58. The third-order valence-corrected chi connectivity index (χ3v) is 1.17. The van der Waals surface area contributed by atoms with Gasteiger partial charge in [-0.15, -0.1) is 5.10 Å². The van der Waals surface area contributed by atoms with E-state index < -0.39 is 18.6 Å². The number of aromatic amines is 1. The summed E-state index contributed by atoms with van der Waals surface area (Å²) in [6.07, 6.45) is -4.46. The van der Waals surface area contributed by atoms with Gasteiger partial charge in [-0.2, -0.15) is 18.2 Å². The number of halogens is 3. The van der Waals surface area contributed by atoms with Crippen LogP contribution < -0.4 is 11.1 Å². The number of carbonyl (C=O) groups excluding carboxylic acids is 1. The van der Waals surface area contributed by atoms with Crippen LogP contribution in [0.3, 0.4) is 0 Å². The van der Waals surface area contributed by atoms with E-state index in [0.29, 0.717) is 0 Å². The summed E-state index contributed by atoms with van der Waals surface area (Å²) in [5.41, 5.74) is 5.04. The van der Waals surface area contributed by atoms with Crippen molar-refractivity contribution in [2.75, 3.05) is 12.3 Å². The first-order valence-electron chi connectivity index (χ1n) is 3.41. The fraction of sp³-hybridized carbons (Fsp3) is 0.400. The number of aromatic nitrogens is 3. The van der Waals surface area contributed by atoms with Crippen molar-refractivity contribution >= 4 is 11.9 Å². The summed E-state index contributed by atoms with van der Waals surface area (Å²) in [6.45, 7) is -1.42. The van der Waals surface area contributed by atoms with E-state index >= 15 is 0 Å². The number of alkyl halides is 3. The molecular formula is C5H6F3N5O. The molecule has 0 saturated heterocycles. The maximum Gasteiger partial charge on any atom is 0.405 e. The molecule has 1 amide bonds. The Morgan fingerprint density at radius 1 is 1.57 bits per heavy atom. The van der Waals surface area contributed by atoms with Gasteiger partial charge in [0, 0.05) is 0 Å². The molecule has 0 aromatic carbocycles. The fourth-order valence-corrected chi connectivity index (χ4v) is 0.641. The summed E-state index contributed by atoms with van der Waals surface area (Å²) in [4.78, 5) is 14.2. The average Bonchev–Trinajstić information content (AvgIpc) is 2.46. The Morgan fingerprint density at radius 3 is 2.64 bits per heavy atom. The van der Waals surface area contributed by atoms with Crippen molar-refractivity contribution in [2.45, 2.75) is 6.18 Å². The minimum absolute atomic E-state index is 0.206. The van der Waals surface area contributed by atoms with Gasteiger partial charge in [-0.1, -0.05) is 0 Å². The number of rotatable bonds is 2. The zero-order chi connectivity index (χ0) is 10.8. The molecule has 6 nitrogen and oxygen atoms in total. The summed E-state index contributed by atoms with van der Waals surface area (Å²) in [6, 6.07) is 0. The molecule has 0 atom stereocenters. The van der Waals surface area contributed by atoms with E-state index in [2.05, 4.69) is 15.2 Å². The monoisotopic (exact) mass is 209 g/mol. The number of nitrogens with two attached hydrogens (primary N) is 1. The highest BCUT2D eigenvalue weighted by molar-refractivity contribution is 5.90. The molecule has 0 unspecified atom stereocenters. The second-order valence-electron chi connectivity index (χ2n) is 2.34. The first kappa shape index (κ1) is 10.3. The zero-order valence-electron chi connectivity index (χ0n) is 6.72. The van der Waals surface area contributed by atoms with Crippen molar-refractivity contribution < 1.29 is 18.0 Å². The Morgan fingerprint density at radius 2 is 2.21 bits per heavy atom. The molecule has 1 aromatic heterocycles. The van der Waals surface area contributed by atoms with Crippen molar-refractivity contribution in [2.24, 2.45) is 0 Å². The summed E-state index contributed by atoms with van der Waals surface area (Å²) in [7, 11) is 0. The highest BCUT2D eigenvalue weighted by Gasteiger charge is 2.28. The molecular weight excluding hydrogens is 203 g/mol. The van der Waals surface area contributed by atoms with Crippen LogP contribution in [-0.4, -0.2) is 33.8 Å². The normalized spacial score (nSPS) is 11.4. The highest BCUT2D eigenvalue weighted by Crippen LogP contribution is 2.12. The summed E-state index contributed by atoms with van der Waals surface area (Å²) in [5.74, 6) is -1.57. The number of anilines is 1. The van der Waals surface area contributed by atoms with Crippen LogP contribution in [0.2, 0.25) is 0 Å². The predicted octanol–water partition coefficient (Wildman–Crippen LogP) is -0.321. The van der Waals surface area contributed by atoms with E-state index in [1.165, 1.54) is 0 Å². The van der Waals surface area contributed by atoms with Gasteiger partial charge in [0.1, 0.15) is 6.54 Å². The van der Waals surface area contributed by atoms with Gasteiger partial charge in [0.15, 0.2) is 0 Å².